The second kappa shape index (κ2) is 13.2. The predicted molar refractivity (Wildman–Crippen MR) is 277 cm³/mol. The summed E-state index contributed by atoms with van der Waals surface area (Å²) in [4.78, 5) is 0. The molecule has 0 aromatic heterocycles. The number of fused-ring (bicyclic) bond motifs is 3. The van der Waals surface area contributed by atoms with Crippen LogP contribution in [0.5, 0.6) is 0 Å². The lowest BCUT2D eigenvalue weighted by Crippen LogP contribution is -2.57. The van der Waals surface area contributed by atoms with Crippen LogP contribution in [0.4, 0.5) is 0 Å². The van der Waals surface area contributed by atoms with E-state index in [1.54, 1.807) is 47.8 Å². The summed E-state index contributed by atoms with van der Waals surface area (Å²) in [6.07, 6.45) is 0. The molecule has 0 N–H and O–H groups in total. The molecule has 0 aliphatic carbocycles. The van der Waals surface area contributed by atoms with E-state index in [0.29, 0.717) is 0 Å². The van der Waals surface area contributed by atoms with Crippen LogP contribution < -0.4 is 31.1 Å². The first-order valence-corrected chi connectivity index (χ1v) is 41.9. The Hall–Kier alpha value is -3.12. The first kappa shape index (κ1) is 40.7. The number of hydrogen-bond donors (Lipinski definition) is 0. The molecule has 0 unspecified atom stereocenters. The van der Waals surface area contributed by atoms with Gasteiger partial charge in [0.2, 0.25) is 0 Å². The van der Waals surface area contributed by atoms with Gasteiger partial charge in [-0.2, -0.15) is 0 Å². The minimum Gasteiger partial charge on any atom is -0.0656 e. The van der Waals surface area contributed by atoms with Gasteiger partial charge in [-0.25, -0.2) is 0 Å². The fourth-order valence-corrected chi connectivity index (χ4v) is 31.2. The molecule has 6 bridgehead atoms. The Morgan fingerprint density at radius 3 is 1.16 bits per heavy atom. The van der Waals surface area contributed by atoms with E-state index in [9.17, 15) is 0 Å². The van der Waals surface area contributed by atoms with Crippen molar-refractivity contribution in [1.29, 1.82) is 0 Å². The van der Waals surface area contributed by atoms with Gasteiger partial charge in [0, 0.05) is 0 Å². The van der Waals surface area contributed by atoms with Crippen molar-refractivity contribution in [1.82, 2.24) is 0 Å². The normalized spacial score (nSPS) is 15.9. The average Bonchev–Trinajstić information content (AvgIpc) is 3.10. The lowest BCUT2D eigenvalue weighted by atomic mass is 9.84. The summed E-state index contributed by atoms with van der Waals surface area (Å²) >= 11 is 0. The summed E-state index contributed by atoms with van der Waals surface area (Å²) in [5.74, 6) is 0. The van der Waals surface area contributed by atoms with Gasteiger partial charge in [0.15, 0.2) is 0 Å². The van der Waals surface area contributed by atoms with Gasteiger partial charge in [-0.1, -0.05) is 233 Å². The van der Waals surface area contributed by atoms with Crippen molar-refractivity contribution in [3.8, 4) is 33.4 Å². The van der Waals surface area contributed by atoms with E-state index >= 15 is 0 Å². The highest BCUT2D eigenvalue weighted by Crippen LogP contribution is 2.46. The van der Waals surface area contributed by atoms with Gasteiger partial charge < -0.3 is 0 Å². The zero-order chi connectivity index (χ0) is 41.4. The first-order valence-electron chi connectivity index (χ1n) is 21.5. The fourth-order valence-electron chi connectivity index (χ4n) is 11.0. The molecule has 7 aromatic rings. The maximum atomic E-state index is 2.71. The predicted octanol–water partition coefficient (Wildman–Crippen LogP) is 12.1. The molecule has 0 radical (unpaired) electrons. The Morgan fingerprint density at radius 2 is 0.719 bits per heavy atom. The summed E-state index contributed by atoms with van der Waals surface area (Å²) in [6.45, 7) is 41.5. The number of rotatable bonds is 5. The molecule has 294 valence electrons. The third-order valence-corrected chi connectivity index (χ3v) is 32.3. The fraction of sp³-hybridized carbons (Fsp3) is 0.333. The Balaban J connectivity index is 1.67. The summed E-state index contributed by atoms with van der Waals surface area (Å²) in [6, 6.07) is 40.3. The molecule has 0 saturated heterocycles. The maximum absolute atomic E-state index is 2.71. The standard InChI is InChI=1S/C51H66Si6/c1-52(2,3)41-22-18-24-45-49(41)37-27-26-34-32-40(51-43(54(7,8)9)20-17-21-44(51)55(10,11)12)39-31-30-38(36-29-28-35(37)47(34)48(36)39)50-42(53(4,5)6)23-19-25-46(50)57(15,16)33-56(45,13)14/h17-32H,33H2,1-16H3. The molecule has 57 heavy (non-hydrogen) atoms. The van der Waals surface area contributed by atoms with Crippen LogP contribution in [-0.2, 0) is 0 Å². The second-order valence-corrected chi connectivity index (χ2v) is 53.1. The Kier molecular flexibility index (Phi) is 9.41. The molecule has 6 heteroatoms. The molecule has 0 amide bonds. The van der Waals surface area contributed by atoms with Crippen molar-refractivity contribution >= 4 is 112 Å². The van der Waals surface area contributed by atoms with Gasteiger partial charge in [-0.3, -0.25) is 0 Å². The lowest BCUT2D eigenvalue weighted by molar-refractivity contribution is 1.54. The van der Waals surface area contributed by atoms with Crippen LogP contribution in [0, 0.1) is 0 Å². The van der Waals surface area contributed by atoms with Crippen LogP contribution in [0.1, 0.15) is 0 Å². The van der Waals surface area contributed by atoms with Gasteiger partial charge in [0.25, 0.3) is 0 Å². The van der Waals surface area contributed by atoms with Crippen molar-refractivity contribution < 1.29 is 0 Å². The summed E-state index contributed by atoms with van der Waals surface area (Å²) in [7, 11) is -10.9. The van der Waals surface area contributed by atoms with Crippen LogP contribution >= 0.6 is 0 Å². The molecule has 2 aliphatic heterocycles. The monoisotopic (exact) mass is 846 g/mol. The van der Waals surface area contributed by atoms with Crippen LogP contribution in [0.15, 0.2) is 97.1 Å². The van der Waals surface area contributed by atoms with Gasteiger partial charge >= 0.3 is 0 Å². The molecule has 0 nitrogen and oxygen atoms in total. The molecule has 2 aliphatic rings. The second-order valence-electron chi connectivity index (χ2n) is 23.0. The zero-order valence-corrected chi connectivity index (χ0v) is 43.9. The van der Waals surface area contributed by atoms with Gasteiger partial charge in [0.1, 0.15) is 0 Å². The lowest BCUT2D eigenvalue weighted by Gasteiger charge is -2.38. The van der Waals surface area contributed by atoms with Crippen molar-refractivity contribution in [2.24, 2.45) is 0 Å². The van der Waals surface area contributed by atoms with E-state index in [1.165, 1.54) is 54.7 Å². The molecule has 0 atom stereocenters. The van der Waals surface area contributed by atoms with E-state index in [-0.39, 0.29) is 0 Å². The van der Waals surface area contributed by atoms with Crippen molar-refractivity contribution in [3.63, 3.8) is 0 Å². The molecule has 0 spiro atoms. The van der Waals surface area contributed by atoms with Gasteiger partial charge in [-0.15, -0.1) is 0 Å². The van der Waals surface area contributed by atoms with E-state index < -0.39 is 48.4 Å². The molecule has 7 aromatic carbocycles. The van der Waals surface area contributed by atoms with E-state index in [0.717, 1.165) is 0 Å². The summed E-state index contributed by atoms with van der Waals surface area (Å²) in [5.41, 5.74) is 10.4. The third-order valence-electron chi connectivity index (χ3n) is 13.4. The van der Waals surface area contributed by atoms with E-state index in [2.05, 4.69) is 202 Å². The first-order chi connectivity index (χ1) is 26.3. The highest BCUT2D eigenvalue weighted by molar-refractivity contribution is 7.07. The van der Waals surface area contributed by atoms with Gasteiger partial charge in [-0.05, 0) is 71.8 Å². The van der Waals surface area contributed by atoms with Crippen LogP contribution in [-0.4, -0.2) is 48.4 Å². The Labute approximate surface area is 350 Å². The third kappa shape index (κ3) is 6.61. The molecular formula is C51H66Si6. The van der Waals surface area contributed by atoms with E-state index in [1.807, 2.05) is 0 Å². The molecule has 9 rings (SSSR count). The summed E-state index contributed by atoms with van der Waals surface area (Å²) < 4.78 is 0. The number of hydrogen-bond acceptors (Lipinski definition) is 0. The van der Waals surface area contributed by atoms with Crippen molar-refractivity contribution in [2.45, 2.75) is 110 Å². The van der Waals surface area contributed by atoms with Crippen LogP contribution in [0.25, 0.3) is 65.7 Å². The molecule has 0 fully saturated rings. The van der Waals surface area contributed by atoms with Crippen molar-refractivity contribution in [3.05, 3.63) is 97.1 Å². The summed E-state index contributed by atoms with van der Waals surface area (Å²) in [5, 5.41) is 18.4. The van der Waals surface area contributed by atoms with Crippen molar-refractivity contribution in [2.75, 3.05) is 0 Å². The van der Waals surface area contributed by atoms with Gasteiger partial charge in [0.05, 0.1) is 48.4 Å². The molecular weight excluding hydrogens is 781 g/mol. The quantitative estimate of drug-likeness (QED) is 0.120. The highest BCUT2D eigenvalue weighted by atomic mass is 28.4. The smallest absolute Gasteiger partial charge is 0.0656 e. The topological polar surface area (TPSA) is 0 Å². The highest BCUT2D eigenvalue weighted by Gasteiger charge is 2.41. The van der Waals surface area contributed by atoms with Crippen LogP contribution in [0.3, 0.4) is 0 Å². The number of benzene rings is 7. The molecule has 0 saturated carbocycles. The SMILES string of the molecule is C[Si](C)(C)c1cccc([Si](C)(C)C)c1-c1cc2ccc3c4ccc5c(ccc1c5c24)-c1c([Si](C)(C)C)cccc1[Si](C)(C)C[Si](C)(C)c1cccc([Si](C)(C)C)c1-3. The van der Waals surface area contributed by atoms with E-state index in [4.69, 9.17) is 0 Å². The van der Waals surface area contributed by atoms with Crippen LogP contribution in [0.2, 0.25) is 110 Å². The molecule has 2 heterocycles. The minimum atomic E-state index is -2.00. The zero-order valence-electron chi connectivity index (χ0n) is 37.9. The average molecular weight is 848 g/mol. The Bertz CT molecular complexity index is 2700. The maximum Gasteiger partial charge on any atom is 0.0792 e. The Morgan fingerprint density at radius 1 is 0.368 bits per heavy atom. The largest absolute Gasteiger partial charge is 0.0792 e. The minimum absolute atomic E-state index is 1.33.